The molecule has 0 bridgehead atoms. The molecule has 21 heavy (non-hydrogen) atoms. The molecule has 5 heteroatoms. The highest BCUT2D eigenvalue weighted by Gasteiger charge is 2.10. The Morgan fingerprint density at radius 1 is 1.10 bits per heavy atom. The minimum absolute atomic E-state index is 0.806. The van der Waals surface area contributed by atoms with Crippen LogP contribution in [0, 0.1) is 6.92 Å². The number of anilines is 2. The molecule has 0 aliphatic heterocycles. The van der Waals surface area contributed by atoms with Crippen molar-refractivity contribution in [3.8, 4) is 0 Å². The number of thiophene rings is 1. The van der Waals surface area contributed by atoms with Gasteiger partial charge in [0, 0.05) is 25.1 Å². The second kappa shape index (κ2) is 7.98. The Labute approximate surface area is 131 Å². The third kappa shape index (κ3) is 4.43. The maximum Gasteiger partial charge on any atom is 0.135 e. The van der Waals surface area contributed by atoms with Crippen molar-refractivity contribution in [1.82, 2.24) is 9.97 Å². The summed E-state index contributed by atoms with van der Waals surface area (Å²) in [5.41, 5.74) is 2.39. The average molecular weight is 304 g/mol. The normalized spacial score (nSPS) is 10.6. The molecular weight excluding hydrogens is 280 g/mol. The van der Waals surface area contributed by atoms with Crippen LogP contribution in [-0.4, -0.2) is 16.5 Å². The second-order valence-corrected chi connectivity index (χ2v) is 5.90. The van der Waals surface area contributed by atoms with E-state index in [9.17, 15) is 0 Å². The number of aromatic nitrogens is 2. The number of nitrogens with one attached hydrogen (secondary N) is 2. The van der Waals surface area contributed by atoms with Crippen LogP contribution < -0.4 is 10.6 Å². The van der Waals surface area contributed by atoms with Gasteiger partial charge in [-0.1, -0.05) is 13.8 Å². The predicted octanol–water partition coefficient (Wildman–Crippen LogP) is 4.23. The van der Waals surface area contributed by atoms with E-state index in [1.165, 1.54) is 5.56 Å². The molecular formula is C16H24N4S. The van der Waals surface area contributed by atoms with Crippen molar-refractivity contribution >= 4 is 23.0 Å². The van der Waals surface area contributed by atoms with Crippen molar-refractivity contribution in [2.24, 2.45) is 0 Å². The first-order valence-corrected chi connectivity index (χ1v) is 8.55. The lowest BCUT2D eigenvalue weighted by molar-refractivity contribution is 0.827. The molecule has 0 amide bonds. The summed E-state index contributed by atoms with van der Waals surface area (Å²) in [6, 6.07) is 2.14. The molecule has 0 saturated carbocycles. The van der Waals surface area contributed by atoms with Crippen LogP contribution in [-0.2, 0) is 13.0 Å². The van der Waals surface area contributed by atoms with Crippen LogP contribution >= 0.6 is 11.3 Å². The topological polar surface area (TPSA) is 49.8 Å². The first kappa shape index (κ1) is 15.8. The van der Waals surface area contributed by atoms with E-state index >= 15 is 0 Å². The van der Waals surface area contributed by atoms with Crippen LogP contribution in [0.5, 0.6) is 0 Å². The summed E-state index contributed by atoms with van der Waals surface area (Å²) < 4.78 is 0. The molecule has 0 spiro atoms. The van der Waals surface area contributed by atoms with Gasteiger partial charge >= 0.3 is 0 Å². The average Bonchev–Trinajstić information content (AvgIpc) is 2.99. The van der Waals surface area contributed by atoms with Crippen LogP contribution in [0.4, 0.5) is 11.6 Å². The van der Waals surface area contributed by atoms with E-state index in [2.05, 4.69) is 58.2 Å². The largest absolute Gasteiger partial charge is 0.370 e. The first-order valence-electron chi connectivity index (χ1n) is 7.60. The summed E-state index contributed by atoms with van der Waals surface area (Å²) in [5, 5.41) is 11.1. The van der Waals surface area contributed by atoms with Crippen molar-refractivity contribution in [2.75, 3.05) is 17.2 Å². The minimum atomic E-state index is 0.806. The van der Waals surface area contributed by atoms with Gasteiger partial charge in [-0.15, -0.1) is 0 Å². The van der Waals surface area contributed by atoms with Gasteiger partial charge in [0.05, 0.1) is 0 Å². The van der Waals surface area contributed by atoms with Crippen LogP contribution in [0.2, 0.25) is 0 Å². The monoisotopic (exact) mass is 304 g/mol. The van der Waals surface area contributed by atoms with Crippen LogP contribution in [0.1, 0.15) is 43.6 Å². The quantitative estimate of drug-likeness (QED) is 0.766. The minimum Gasteiger partial charge on any atom is -0.370 e. The van der Waals surface area contributed by atoms with E-state index in [0.717, 1.165) is 55.4 Å². The fourth-order valence-corrected chi connectivity index (χ4v) is 2.73. The molecule has 0 aliphatic carbocycles. The highest BCUT2D eigenvalue weighted by atomic mass is 32.1. The SMILES string of the molecule is CCCNc1nc(CCC)nc(NCc2ccsc2)c1C. The van der Waals surface area contributed by atoms with Gasteiger partial charge in [0.15, 0.2) is 0 Å². The van der Waals surface area contributed by atoms with E-state index in [0.29, 0.717) is 0 Å². The lowest BCUT2D eigenvalue weighted by atomic mass is 10.2. The van der Waals surface area contributed by atoms with Gasteiger partial charge in [-0.2, -0.15) is 11.3 Å². The Kier molecular flexibility index (Phi) is 5.99. The van der Waals surface area contributed by atoms with Crippen LogP contribution in [0.15, 0.2) is 16.8 Å². The van der Waals surface area contributed by atoms with Gasteiger partial charge in [-0.05, 0) is 42.2 Å². The zero-order chi connectivity index (χ0) is 15.1. The molecule has 2 rings (SSSR count). The molecule has 0 atom stereocenters. The zero-order valence-electron chi connectivity index (χ0n) is 13.1. The highest BCUT2D eigenvalue weighted by molar-refractivity contribution is 7.07. The van der Waals surface area contributed by atoms with Gasteiger partial charge in [0.1, 0.15) is 17.5 Å². The van der Waals surface area contributed by atoms with E-state index in [-0.39, 0.29) is 0 Å². The predicted molar refractivity (Wildman–Crippen MR) is 91.2 cm³/mol. The number of hydrogen-bond acceptors (Lipinski definition) is 5. The fourth-order valence-electron chi connectivity index (χ4n) is 2.07. The number of rotatable bonds is 8. The molecule has 114 valence electrons. The molecule has 0 fully saturated rings. The maximum absolute atomic E-state index is 4.67. The summed E-state index contributed by atoms with van der Waals surface area (Å²) in [6.07, 6.45) is 3.05. The van der Waals surface area contributed by atoms with Crippen LogP contribution in [0.3, 0.4) is 0 Å². The Balaban J connectivity index is 2.18. The van der Waals surface area contributed by atoms with E-state index in [4.69, 9.17) is 0 Å². The Bertz CT molecular complexity index is 552. The summed E-state index contributed by atoms with van der Waals surface area (Å²) in [6.45, 7) is 8.13. The summed E-state index contributed by atoms with van der Waals surface area (Å²) in [5.74, 6) is 2.82. The molecule has 0 unspecified atom stereocenters. The molecule has 2 heterocycles. The van der Waals surface area contributed by atoms with Gasteiger partial charge in [0.25, 0.3) is 0 Å². The maximum atomic E-state index is 4.67. The molecule has 0 aliphatic rings. The van der Waals surface area contributed by atoms with Crippen molar-refractivity contribution in [3.63, 3.8) is 0 Å². The molecule has 4 nitrogen and oxygen atoms in total. The Hall–Kier alpha value is -1.62. The summed E-state index contributed by atoms with van der Waals surface area (Å²) in [4.78, 5) is 9.32. The molecule has 0 radical (unpaired) electrons. The second-order valence-electron chi connectivity index (χ2n) is 5.12. The van der Waals surface area contributed by atoms with Crippen molar-refractivity contribution in [1.29, 1.82) is 0 Å². The molecule has 0 saturated heterocycles. The first-order chi connectivity index (χ1) is 10.2. The third-order valence-electron chi connectivity index (χ3n) is 3.25. The summed E-state index contributed by atoms with van der Waals surface area (Å²) in [7, 11) is 0. The fraction of sp³-hybridized carbons (Fsp3) is 0.500. The number of hydrogen-bond donors (Lipinski definition) is 2. The van der Waals surface area contributed by atoms with E-state index in [1.54, 1.807) is 11.3 Å². The molecule has 2 aromatic rings. The molecule has 0 aromatic carbocycles. The van der Waals surface area contributed by atoms with Gasteiger partial charge in [-0.3, -0.25) is 0 Å². The lowest BCUT2D eigenvalue weighted by Gasteiger charge is -2.14. The zero-order valence-corrected chi connectivity index (χ0v) is 13.9. The van der Waals surface area contributed by atoms with E-state index < -0.39 is 0 Å². The number of aryl methyl sites for hydroxylation is 1. The van der Waals surface area contributed by atoms with Gasteiger partial charge < -0.3 is 10.6 Å². The van der Waals surface area contributed by atoms with Crippen molar-refractivity contribution in [3.05, 3.63) is 33.8 Å². The Morgan fingerprint density at radius 3 is 2.48 bits per heavy atom. The molecule has 2 N–H and O–H groups in total. The molecule has 2 aromatic heterocycles. The van der Waals surface area contributed by atoms with Gasteiger partial charge in [-0.25, -0.2) is 9.97 Å². The van der Waals surface area contributed by atoms with Gasteiger partial charge in [0.2, 0.25) is 0 Å². The Morgan fingerprint density at radius 2 is 1.86 bits per heavy atom. The number of nitrogens with zero attached hydrogens (tertiary/aromatic N) is 2. The van der Waals surface area contributed by atoms with E-state index in [1.807, 2.05) is 0 Å². The highest BCUT2D eigenvalue weighted by Crippen LogP contribution is 2.21. The van der Waals surface area contributed by atoms with Crippen molar-refractivity contribution in [2.45, 2.75) is 46.6 Å². The standard InChI is InChI=1S/C16H24N4S/c1-4-6-14-19-15(17-8-5-2)12(3)16(20-14)18-10-13-7-9-21-11-13/h7,9,11H,4-6,8,10H2,1-3H3,(H2,17,18,19,20). The van der Waals surface area contributed by atoms with Crippen LogP contribution in [0.25, 0.3) is 0 Å². The van der Waals surface area contributed by atoms with Crippen molar-refractivity contribution < 1.29 is 0 Å². The lowest BCUT2D eigenvalue weighted by Crippen LogP contribution is -2.11. The smallest absolute Gasteiger partial charge is 0.135 e. The third-order valence-corrected chi connectivity index (χ3v) is 3.98. The summed E-state index contributed by atoms with van der Waals surface area (Å²) >= 11 is 1.72.